The van der Waals surface area contributed by atoms with E-state index in [1.54, 1.807) is 18.2 Å². The maximum Gasteiger partial charge on any atom is 0.316 e. The molecule has 3 N–H and O–H groups in total. The maximum atomic E-state index is 11.2. The van der Waals surface area contributed by atoms with Crippen LogP contribution in [-0.4, -0.2) is 18.0 Å². The van der Waals surface area contributed by atoms with Crippen molar-refractivity contribution < 1.29 is 4.92 Å². The molecule has 6 heteroatoms. The zero-order valence-electron chi connectivity index (χ0n) is 10.6. The summed E-state index contributed by atoms with van der Waals surface area (Å²) in [5.74, 6) is 6.42. The van der Waals surface area contributed by atoms with E-state index in [0.717, 1.165) is 13.1 Å². The van der Waals surface area contributed by atoms with Gasteiger partial charge in [0.15, 0.2) is 0 Å². The van der Waals surface area contributed by atoms with E-state index in [1.165, 1.54) is 0 Å². The summed E-state index contributed by atoms with van der Waals surface area (Å²) in [6.07, 6.45) is 0. The average molecular weight is 250 g/mol. The summed E-state index contributed by atoms with van der Waals surface area (Å²) < 4.78 is 0. The summed E-state index contributed by atoms with van der Waals surface area (Å²) >= 11 is 0. The quantitative estimate of drug-likeness (QED) is 0.486. The average Bonchev–Trinajstić information content (AvgIpc) is 2.68. The van der Waals surface area contributed by atoms with Gasteiger partial charge < -0.3 is 10.3 Å². The molecule has 2 unspecified atom stereocenters. The van der Waals surface area contributed by atoms with E-state index in [2.05, 4.69) is 24.2 Å². The number of hydrazine groups is 1. The lowest BCUT2D eigenvalue weighted by Crippen LogP contribution is -2.21. The molecular formula is C12H18N4O2. The fourth-order valence-corrected chi connectivity index (χ4v) is 2.42. The van der Waals surface area contributed by atoms with Crippen LogP contribution in [0.3, 0.4) is 0 Å². The number of nitrogens with two attached hydrogens (primary N) is 1. The monoisotopic (exact) mass is 250 g/mol. The Labute approximate surface area is 106 Å². The van der Waals surface area contributed by atoms with Crippen LogP contribution in [0.5, 0.6) is 0 Å². The number of nitro benzene ring substituents is 1. The van der Waals surface area contributed by atoms with Gasteiger partial charge in [0.1, 0.15) is 11.4 Å². The summed E-state index contributed by atoms with van der Waals surface area (Å²) in [5.41, 5.74) is 3.45. The molecule has 0 bridgehead atoms. The predicted octanol–water partition coefficient (Wildman–Crippen LogP) is 1.97. The summed E-state index contributed by atoms with van der Waals surface area (Å²) in [5, 5.41) is 11.2. The molecule has 98 valence electrons. The molecule has 1 aliphatic rings. The lowest BCUT2D eigenvalue weighted by molar-refractivity contribution is -0.383. The molecule has 1 aromatic carbocycles. The highest BCUT2D eigenvalue weighted by Gasteiger charge is 2.31. The van der Waals surface area contributed by atoms with Gasteiger partial charge in [-0.15, -0.1) is 0 Å². The third-order valence-corrected chi connectivity index (χ3v) is 3.68. The van der Waals surface area contributed by atoms with Crippen molar-refractivity contribution in [3.63, 3.8) is 0 Å². The fourth-order valence-electron chi connectivity index (χ4n) is 2.42. The van der Waals surface area contributed by atoms with Crippen LogP contribution in [0.25, 0.3) is 0 Å². The molecule has 2 atom stereocenters. The van der Waals surface area contributed by atoms with Crippen molar-refractivity contribution in [2.75, 3.05) is 23.4 Å². The molecule has 0 aromatic heterocycles. The van der Waals surface area contributed by atoms with Crippen LogP contribution in [0.1, 0.15) is 13.8 Å². The fraction of sp³-hybridized carbons (Fsp3) is 0.500. The van der Waals surface area contributed by atoms with Crippen molar-refractivity contribution in [3.05, 3.63) is 28.3 Å². The van der Waals surface area contributed by atoms with E-state index in [-0.39, 0.29) is 10.6 Å². The molecule has 6 nitrogen and oxygen atoms in total. The van der Waals surface area contributed by atoms with Gasteiger partial charge in [-0.25, -0.2) is 0 Å². The molecule has 1 fully saturated rings. The first kappa shape index (κ1) is 12.6. The molecule has 0 spiro atoms. The Bertz CT molecular complexity index is 453. The highest BCUT2D eigenvalue weighted by molar-refractivity contribution is 5.77. The Morgan fingerprint density at radius 2 is 2.00 bits per heavy atom. The van der Waals surface area contributed by atoms with Gasteiger partial charge in [0.05, 0.1) is 4.92 Å². The van der Waals surface area contributed by atoms with Crippen LogP contribution >= 0.6 is 0 Å². The third-order valence-electron chi connectivity index (χ3n) is 3.68. The molecule has 2 rings (SSSR count). The van der Waals surface area contributed by atoms with Gasteiger partial charge in [0.2, 0.25) is 0 Å². The van der Waals surface area contributed by atoms with E-state index >= 15 is 0 Å². The van der Waals surface area contributed by atoms with E-state index in [4.69, 9.17) is 5.84 Å². The van der Waals surface area contributed by atoms with Gasteiger partial charge in [-0.2, -0.15) is 0 Å². The third kappa shape index (κ3) is 2.11. The molecule has 1 aromatic rings. The van der Waals surface area contributed by atoms with Crippen molar-refractivity contribution in [1.82, 2.24) is 0 Å². The van der Waals surface area contributed by atoms with E-state index < -0.39 is 0 Å². The topological polar surface area (TPSA) is 84.4 Å². The van der Waals surface area contributed by atoms with Crippen LogP contribution in [0, 0.1) is 22.0 Å². The van der Waals surface area contributed by atoms with Crippen LogP contribution in [-0.2, 0) is 0 Å². The number of hydrogen-bond donors (Lipinski definition) is 2. The van der Waals surface area contributed by atoms with Gasteiger partial charge in [0, 0.05) is 13.1 Å². The SMILES string of the molecule is CC1CN(c2cccc(NN)c2[N+](=O)[O-])CC1C. The number of para-hydroxylation sites is 1. The largest absolute Gasteiger partial charge is 0.365 e. The van der Waals surface area contributed by atoms with E-state index in [9.17, 15) is 10.1 Å². The predicted molar refractivity (Wildman–Crippen MR) is 71.4 cm³/mol. The van der Waals surface area contributed by atoms with Crippen LogP contribution < -0.4 is 16.2 Å². The minimum atomic E-state index is -0.377. The normalized spacial score (nSPS) is 23.2. The van der Waals surface area contributed by atoms with E-state index in [1.807, 2.05) is 0 Å². The van der Waals surface area contributed by atoms with E-state index in [0.29, 0.717) is 23.2 Å². The second-order valence-electron chi connectivity index (χ2n) is 4.93. The molecule has 0 saturated carbocycles. The summed E-state index contributed by atoms with van der Waals surface area (Å²) in [6.45, 7) is 6.02. The first-order valence-corrected chi connectivity index (χ1v) is 6.03. The molecule has 18 heavy (non-hydrogen) atoms. The number of nitro groups is 1. The van der Waals surface area contributed by atoms with Crippen molar-refractivity contribution in [2.24, 2.45) is 17.7 Å². The first-order valence-electron chi connectivity index (χ1n) is 6.03. The second-order valence-corrected chi connectivity index (χ2v) is 4.93. The van der Waals surface area contributed by atoms with Gasteiger partial charge in [0.25, 0.3) is 0 Å². The molecule has 0 radical (unpaired) electrons. The lowest BCUT2D eigenvalue weighted by Gasteiger charge is -2.19. The van der Waals surface area contributed by atoms with Gasteiger partial charge in [-0.1, -0.05) is 19.9 Å². The Morgan fingerprint density at radius 3 is 2.50 bits per heavy atom. The highest BCUT2D eigenvalue weighted by Crippen LogP contribution is 2.38. The number of hydrogen-bond acceptors (Lipinski definition) is 5. The number of benzene rings is 1. The van der Waals surface area contributed by atoms with Crippen LogP contribution in [0.2, 0.25) is 0 Å². The van der Waals surface area contributed by atoms with Gasteiger partial charge >= 0.3 is 5.69 Å². The Balaban J connectivity index is 2.42. The smallest absolute Gasteiger partial charge is 0.316 e. The minimum Gasteiger partial charge on any atom is -0.365 e. The maximum absolute atomic E-state index is 11.2. The number of nitrogens with one attached hydrogen (secondary N) is 1. The minimum absolute atomic E-state index is 0.0568. The molecule has 0 amide bonds. The summed E-state index contributed by atoms with van der Waals surface area (Å²) in [7, 11) is 0. The number of nitrogen functional groups attached to an aromatic ring is 1. The molecular weight excluding hydrogens is 232 g/mol. The summed E-state index contributed by atoms with van der Waals surface area (Å²) in [6, 6.07) is 5.18. The number of rotatable bonds is 3. The van der Waals surface area contributed by atoms with Crippen molar-refractivity contribution >= 4 is 17.1 Å². The van der Waals surface area contributed by atoms with Gasteiger partial charge in [-0.3, -0.25) is 16.0 Å². The standard InChI is InChI=1S/C12H18N4O2/c1-8-6-15(7-9(8)2)11-5-3-4-10(14-13)12(11)16(17)18/h3-5,8-9,14H,6-7,13H2,1-2H3. The Hall–Kier alpha value is -1.82. The van der Waals surface area contributed by atoms with Crippen molar-refractivity contribution in [3.8, 4) is 0 Å². The number of nitrogens with zero attached hydrogens (tertiary/aromatic N) is 2. The first-order chi connectivity index (χ1) is 8.54. The molecule has 0 aliphatic carbocycles. The Morgan fingerprint density at radius 1 is 1.39 bits per heavy atom. The van der Waals surface area contributed by atoms with Gasteiger partial charge in [-0.05, 0) is 24.0 Å². The number of anilines is 2. The molecule has 1 aliphatic heterocycles. The zero-order valence-corrected chi connectivity index (χ0v) is 10.6. The summed E-state index contributed by atoms with van der Waals surface area (Å²) in [4.78, 5) is 12.9. The zero-order chi connectivity index (χ0) is 13.3. The second kappa shape index (κ2) is 4.81. The highest BCUT2D eigenvalue weighted by atomic mass is 16.6. The van der Waals surface area contributed by atoms with Crippen molar-refractivity contribution in [2.45, 2.75) is 13.8 Å². The van der Waals surface area contributed by atoms with Crippen molar-refractivity contribution in [1.29, 1.82) is 0 Å². The van der Waals surface area contributed by atoms with Crippen LogP contribution in [0.15, 0.2) is 18.2 Å². The van der Waals surface area contributed by atoms with Crippen LogP contribution in [0.4, 0.5) is 17.1 Å². The molecule has 1 heterocycles. The lowest BCUT2D eigenvalue weighted by atomic mass is 10.0. The Kier molecular flexibility index (Phi) is 3.38. The molecule has 1 saturated heterocycles.